The maximum Gasteiger partial charge on any atom is 0.244 e. The second kappa shape index (κ2) is 6.62. The van der Waals surface area contributed by atoms with E-state index in [1.807, 2.05) is 0 Å². The molecule has 2 N–H and O–H groups in total. The Hall–Kier alpha value is -0.830. The molecule has 0 atom stereocenters. The predicted molar refractivity (Wildman–Crippen MR) is 64.5 cm³/mol. The van der Waals surface area contributed by atoms with Gasteiger partial charge in [-0.25, -0.2) is 0 Å². The van der Waals surface area contributed by atoms with E-state index in [4.69, 9.17) is 5.73 Å². The van der Waals surface area contributed by atoms with Crippen LogP contribution in [0, 0.1) is 0 Å². The molecule has 3 heteroatoms. The van der Waals surface area contributed by atoms with Gasteiger partial charge in [0, 0.05) is 17.7 Å². The van der Waals surface area contributed by atoms with Crippen molar-refractivity contribution in [3.8, 4) is 0 Å². The number of nitrogens with two attached hydrogens (primary N) is 1. The normalized spacial score (nSPS) is 11.4. The third kappa shape index (κ3) is 5.57. The van der Waals surface area contributed by atoms with E-state index in [2.05, 4.69) is 39.2 Å². The summed E-state index contributed by atoms with van der Waals surface area (Å²) < 4.78 is 0. The van der Waals surface area contributed by atoms with Crippen LogP contribution in [0.5, 0.6) is 0 Å². The summed E-state index contributed by atoms with van der Waals surface area (Å²) in [4.78, 5) is 13.1. The Balaban J connectivity index is 3.92. The maximum atomic E-state index is 10.8. The lowest BCUT2D eigenvalue weighted by Crippen LogP contribution is -2.37. The smallest absolute Gasteiger partial charge is 0.244 e. The summed E-state index contributed by atoms with van der Waals surface area (Å²) in [5.74, 6) is -0.379. The second-order valence-corrected chi connectivity index (χ2v) is 4.50. The SMILES string of the molecule is C=C(CCCN(C(C)C)C(C)C)C(N)=O. The van der Waals surface area contributed by atoms with Crippen LogP contribution in [0.15, 0.2) is 12.2 Å². The van der Waals surface area contributed by atoms with Crippen molar-refractivity contribution in [2.45, 2.75) is 52.6 Å². The average Bonchev–Trinajstić information content (AvgIpc) is 2.10. The lowest BCUT2D eigenvalue weighted by Gasteiger charge is -2.30. The molecule has 0 heterocycles. The number of carbonyl (C=O) groups is 1. The van der Waals surface area contributed by atoms with Gasteiger partial charge in [-0.3, -0.25) is 9.69 Å². The fourth-order valence-corrected chi connectivity index (χ4v) is 1.71. The molecular formula is C12H24N2O. The second-order valence-electron chi connectivity index (χ2n) is 4.50. The van der Waals surface area contributed by atoms with Gasteiger partial charge in [0.05, 0.1) is 0 Å². The van der Waals surface area contributed by atoms with Gasteiger partial charge in [0.2, 0.25) is 5.91 Å². The summed E-state index contributed by atoms with van der Waals surface area (Å²) in [5, 5.41) is 0. The molecule has 88 valence electrons. The van der Waals surface area contributed by atoms with Crippen molar-refractivity contribution in [2.75, 3.05) is 6.54 Å². The highest BCUT2D eigenvalue weighted by Crippen LogP contribution is 2.09. The number of hydrogen-bond acceptors (Lipinski definition) is 2. The summed E-state index contributed by atoms with van der Waals surface area (Å²) in [7, 11) is 0. The molecule has 0 aromatic heterocycles. The van der Waals surface area contributed by atoms with Gasteiger partial charge in [0.15, 0.2) is 0 Å². The molecule has 0 spiro atoms. The molecule has 0 unspecified atom stereocenters. The van der Waals surface area contributed by atoms with Crippen molar-refractivity contribution >= 4 is 5.91 Å². The van der Waals surface area contributed by atoms with Crippen molar-refractivity contribution in [1.82, 2.24) is 4.90 Å². The topological polar surface area (TPSA) is 46.3 Å². The maximum absolute atomic E-state index is 10.8. The molecule has 0 radical (unpaired) electrons. The summed E-state index contributed by atoms with van der Waals surface area (Å²) in [5.41, 5.74) is 5.65. The van der Waals surface area contributed by atoms with Crippen LogP contribution >= 0.6 is 0 Å². The molecule has 0 fully saturated rings. The summed E-state index contributed by atoms with van der Waals surface area (Å²) in [6.45, 7) is 13.4. The zero-order valence-corrected chi connectivity index (χ0v) is 10.4. The van der Waals surface area contributed by atoms with Gasteiger partial charge in [-0.05, 0) is 47.1 Å². The van der Waals surface area contributed by atoms with E-state index in [1.165, 1.54) is 0 Å². The Morgan fingerprint density at radius 1 is 1.27 bits per heavy atom. The van der Waals surface area contributed by atoms with Crippen molar-refractivity contribution < 1.29 is 4.79 Å². The molecule has 15 heavy (non-hydrogen) atoms. The third-order valence-corrected chi connectivity index (χ3v) is 2.57. The van der Waals surface area contributed by atoms with Crippen LogP contribution in [0.25, 0.3) is 0 Å². The minimum atomic E-state index is -0.379. The molecule has 0 saturated carbocycles. The lowest BCUT2D eigenvalue weighted by molar-refractivity contribution is -0.114. The van der Waals surface area contributed by atoms with Crippen molar-refractivity contribution in [3.63, 3.8) is 0 Å². The van der Waals surface area contributed by atoms with E-state index < -0.39 is 0 Å². The molecular weight excluding hydrogens is 188 g/mol. The van der Waals surface area contributed by atoms with Gasteiger partial charge in [-0.1, -0.05) is 6.58 Å². The molecule has 0 saturated heterocycles. The molecule has 0 aliphatic carbocycles. The summed E-state index contributed by atoms with van der Waals surface area (Å²) in [6, 6.07) is 1.07. The largest absolute Gasteiger partial charge is 0.366 e. The van der Waals surface area contributed by atoms with E-state index >= 15 is 0 Å². The van der Waals surface area contributed by atoms with Crippen LogP contribution in [-0.2, 0) is 4.79 Å². The number of hydrogen-bond donors (Lipinski definition) is 1. The molecule has 0 aromatic carbocycles. The molecule has 0 aliphatic rings. The van der Waals surface area contributed by atoms with Crippen LogP contribution in [0.1, 0.15) is 40.5 Å². The first-order chi connectivity index (χ1) is 6.86. The minimum Gasteiger partial charge on any atom is -0.366 e. The van der Waals surface area contributed by atoms with Crippen LogP contribution < -0.4 is 5.73 Å². The number of nitrogens with zero attached hydrogens (tertiary/aromatic N) is 1. The highest BCUT2D eigenvalue weighted by atomic mass is 16.1. The van der Waals surface area contributed by atoms with Crippen molar-refractivity contribution in [2.24, 2.45) is 5.73 Å². The monoisotopic (exact) mass is 212 g/mol. The molecule has 3 nitrogen and oxygen atoms in total. The van der Waals surface area contributed by atoms with Gasteiger partial charge in [-0.2, -0.15) is 0 Å². The first kappa shape index (κ1) is 14.2. The number of primary amides is 1. The fourth-order valence-electron chi connectivity index (χ4n) is 1.71. The predicted octanol–water partition coefficient (Wildman–Crippen LogP) is 1.93. The Labute approximate surface area is 93.3 Å². The van der Waals surface area contributed by atoms with Gasteiger partial charge in [0.1, 0.15) is 0 Å². The third-order valence-electron chi connectivity index (χ3n) is 2.57. The van der Waals surface area contributed by atoms with Crippen molar-refractivity contribution in [3.05, 3.63) is 12.2 Å². The van der Waals surface area contributed by atoms with Gasteiger partial charge in [-0.15, -0.1) is 0 Å². The average molecular weight is 212 g/mol. The molecule has 0 aromatic rings. The van der Waals surface area contributed by atoms with E-state index in [-0.39, 0.29) is 5.91 Å². The van der Waals surface area contributed by atoms with Crippen LogP contribution in [0.4, 0.5) is 0 Å². The first-order valence-corrected chi connectivity index (χ1v) is 5.59. The molecule has 1 amide bonds. The van der Waals surface area contributed by atoms with Gasteiger partial charge >= 0.3 is 0 Å². The summed E-state index contributed by atoms with van der Waals surface area (Å²) >= 11 is 0. The Kier molecular flexibility index (Phi) is 6.25. The zero-order valence-electron chi connectivity index (χ0n) is 10.4. The molecule has 0 aliphatic heterocycles. The first-order valence-electron chi connectivity index (χ1n) is 5.59. The lowest BCUT2D eigenvalue weighted by atomic mass is 10.1. The Morgan fingerprint density at radius 3 is 2.07 bits per heavy atom. The number of rotatable bonds is 7. The molecule has 0 bridgehead atoms. The summed E-state index contributed by atoms with van der Waals surface area (Å²) in [6.07, 6.45) is 1.64. The van der Waals surface area contributed by atoms with Crippen molar-refractivity contribution in [1.29, 1.82) is 0 Å². The van der Waals surface area contributed by atoms with Crippen LogP contribution in [-0.4, -0.2) is 29.4 Å². The highest BCUT2D eigenvalue weighted by Gasteiger charge is 2.12. The van der Waals surface area contributed by atoms with E-state index in [0.29, 0.717) is 24.1 Å². The molecule has 0 rings (SSSR count). The van der Waals surface area contributed by atoms with Gasteiger partial charge < -0.3 is 5.73 Å². The Bertz CT molecular complexity index is 214. The number of carbonyl (C=O) groups excluding carboxylic acids is 1. The van der Waals surface area contributed by atoms with E-state index in [1.54, 1.807) is 0 Å². The standard InChI is InChI=1S/C12H24N2O/c1-9(2)14(10(3)4)8-6-7-11(5)12(13)15/h9-10H,5-8H2,1-4H3,(H2,13,15). The Morgan fingerprint density at radius 2 is 1.73 bits per heavy atom. The van der Waals surface area contributed by atoms with Gasteiger partial charge in [0.25, 0.3) is 0 Å². The minimum absolute atomic E-state index is 0.379. The zero-order chi connectivity index (χ0) is 12.0. The fraction of sp³-hybridized carbons (Fsp3) is 0.750. The van der Waals surface area contributed by atoms with E-state index in [0.717, 1.165) is 13.0 Å². The highest BCUT2D eigenvalue weighted by molar-refractivity contribution is 5.91. The van der Waals surface area contributed by atoms with Crippen LogP contribution in [0.3, 0.4) is 0 Å². The quantitative estimate of drug-likeness (QED) is 0.655. The number of amides is 1. The van der Waals surface area contributed by atoms with Crippen LogP contribution in [0.2, 0.25) is 0 Å². The van der Waals surface area contributed by atoms with E-state index in [9.17, 15) is 4.79 Å².